The van der Waals surface area contributed by atoms with Crippen molar-refractivity contribution < 1.29 is 4.74 Å². The molecule has 3 aromatic rings. The lowest BCUT2D eigenvalue weighted by molar-refractivity contribution is 0.415. The highest BCUT2D eigenvalue weighted by molar-refractivity contribution is 5.77. The number of benzene rings is 1. The summed E-state index contributed by atoms with van der Waals surface area (Å²) in [6.45, 7) is 1.89. The van der Waals surface area contributed by atoms with Crippen LogP contribution in [0.1, 0.15) is 11.4 Å². The van der Waals surface area contributed by atoms with E-state index >= 15 is 0 Å². The highest BCUT2D eigenvalue weighted by atomic mass is 16.5. The van der Waals surface area contributed by atoms with Crippen LogP contribution in [0.2, 0.25) is 0 Å². The first-order valence-corrected chi connectivity index (χ1v) is 6.79. The summed E-state index contributed by atoms with van der Waals surface area (Å²) in [5, 5.41) is 9.04. The minimum Gasteiger partial charge on any atom is -0.497 e. The van der Waals surface area contributed by atoms with Crippen molar-refractivity contribution in [1.29, 1.82) is 5.26 Å². The standard InChI is InChI=1S/C17H14N4O/c1-11-20-16(13-3-5-14(22-2)6-4-13)17(21-11)15-9-12(10-18)7-8-19-15/h3-9H,1-2H3,(H,20,21). The van der Waals surface area contributed by atoms with Crippen molar-refractivity contribution in [1.82, 2.24) is 15.0 Å². The van der Waals surface area contributed by atoms with Gasteiger partial charge in [0, 0.05) is 11.8 Å². The molecule has 1 N–H and O–H groups in total. The molecule has 0 aliphatic heterocycles. The van der Waals surface area contributed by atoms with Crippen molar-refractivity contribution in [2.24, 2.45) is 0 Å². The van der Waals surface area contributed by atoms with Gasteiger partial charge in [-0.25, -0.2) is 4.98 Å². The summed E-state index contributed by atoms with van der Waals surface area (Å²) in [5.41, 5.74) is 3.84. The van der Waals surface area contributed by atoms with Gasteiger partial charge >= 0.3 is 0 Å². The summed E-state index contributed by atoms with van der Waals surface area (Å²) in [6.07, 6.45) is 1.63. The lowest BCUT2D eigenvalue weighted by atomic mass is 10.1. The topological polar surface area (TPSA) is 74.6 Å². The molecule has 0 unspecified atom stereocenters. The molecule has 0 amide bonds. The molecular formula is C17H14N4O. The number of rotatable bonds is 3. The van der Waals surface area contributed by atoms with E-state index in [2.05, 4.69) is 21.0 Å². The Bertz CT molecular complexity index is 844. The SMILES string of the molecule is COc1ccc(-c2nc(C)[nH]c2-c2cc(C#N)ccn2)cc1. The highest BCUT2D eigenvalue weighted by Crippen LogP contribution is 2.30. The second-order valence-corrected chi connectivity index (χ2v) is 4.82. The minimum absolute atomic E-state index is 0.568. The zero-order valence-corrected chi connectivity index (χ0v) is 12.3. The molecule has 5 nitrogen and oxygen atoms in total. The van der Waals surface area contributed by atoms with Crippen LogP contribution >= 0.6 is 0 Å². The van der Waals surface area contributed by atoms with Crippen LogP contribution in [0.25, 0.3) is 22.6 Å². The smallest absolute Gasteiger partial charge is 0.118 e. The Hall–Kier alpha value is -3.13. The van der Waals surface area contributed by atoms with Gasteiger partial charge in [0.1, 0.15) is 11.6 Å². The van der Waals surface area contributed by atoms with Crippen LogP contribution in [0.3, 0.4) is 0 Å². The van der Waals surface area contributed by atoms with Gasteiger partial charge in [-0.05, 0) is 43.3 Å². The number of aryl methyl sites for hydroxylation is 1. The van der Waals surface area contributed by atoms with Crippen LogP contribution in [-0.4, -0.2) is 22.1 Å². The molecule has 0 spiro atoms. The van der Waals surface area contributed by atoms with Crippen molar-refractivity contribution >= 4 is 0 Å². The highest BCUT2D eigenvalue weighted by Gasteiger charge is 2.14. The molecule has 22 heavy (non-hydrogen) atoms. The van der Waals surface area contributed by atoms with Crippen molar-refractivity contribution in [2.75, 3.05) is 7.11 Å². The third-order valence-electron chi connectivity index (χ3n) is 3.33. The maximum atomic E-state index is 9.04. The lowest BCUT2D eigenvalue weighted by Crippen LogP contribution is -1.89. The van der Waals surface area contributed by atoms with E-state index in [0.717, 1.165) is 28.5 Å². The van der Waals surface area contributed by atoms with E-state index in [1.807, 2.05) is 31.2 Å². The quantitative estimate of drug-likeness (QED) is 0.803. The molecular weight excluding hydrogens is 276 g/mol. The maximum Gasteiger partial charge on any atom is 0.118 e. The van der Waals surface area contributed by atoms with E-state index in [-0.39, 0.29) is 0 Å². The van der Waals surface area contributed by atoms with Crippen LogP contribution < -0.4 is 4.74 Å². The number of nitriles is 1. The maximum absolute atomic E-state index is 9.04. The Balaban J connectivity index is 2.11. The van der Waals surface area contributed by atoms with Gasteiger partial charge < -0.3 is 9.72 Å². The number of pyridine rings is 1. The molecule has 3 rings (SSSR count). The Kier molecular flexibility index (Phi) is 3.58. The number of nitrogens with zero attached hydrogens (tertiary/aromatic N) is 3. The second-order valence-electron chi connectivity index (χ2n) is 4.82. The van der Waals surface area contributed by atoms with E-state index in [4.69, 9.17) is 10.00 Å². The average Bonchev–Trinajstić information content (AvgIpc) is 2.97. The number of ether oxygens (including phenoxy) is 1. The van der Waals surface area contributed by atoms with Crippen molar-refractivity contribution in [3.8, 4) is 34.5 Å². The Labute approximate surface area is 128 Å². The van der Waals surface area contributed by atoms with Crippen LogP contribution in [0, 0.1) is 18.3 Å². The average molecular weight is 290 g/mol. The molecule has 0 fully saturated rings. The summed E-state index contributed by atoms with van der Waals surface area (Å²) in [6, 6.07) is 13.2. The molecule has 5 heteroatoms. The van der Waals surface area contributed by atoms with Crippen LogP contribution in [0.4, 0.5) is 0 Å². The second kappa shape index (κ2) is 5.70. The van der Waals surface area contributed by atoms with Gasteiger partial charge in [-0.1, -0.05) is 0 Å². The van der Waals surface area contributed by atoms with E-state index in [1.54, 1.807) is 25.4 Å². The number of nitrogens with one attached hydrogen (secondary N) is 1. The summed E-state index contributed by atoms with van der Waals surface area (Å²) in [4.78, 5) is 12.1. The molecule has 108 valence electrons. The summed E-state index contributed by atoms with van der Waals surface area (Å²) < 4.78 is 5.18. The van der Waals surface area contributed by atoms with Gasteiger partial charge in [0.25, 0.3) is 0 Å². The van der Waals surface area contributed by atoms with Gasteiger partial charge in [-0.15, -0.1) is 0 Å². The van der Waals surface area contributed by atoms with Gasteiger partial charge in [0.05, 0.1) is 35.8 Å². The largest absolute Gasteiger partial charge is 0.497 e. The van der Waals surface area contributed by atoms with Crippen LogP contribution in [0.5, 0.6) is 5.75 Å². The summed E-state index contributed by atoms with van der Waals surface area (Å²) >= 11 is 0. The van der Waals surface area contributed by atoms with E-state index in [9.17, 15) is 0 Å². The van der Waals surface area contributed by atoms with Gasteiger partial charge in [-0.2, -0.15) is 5.26 Å². The molecule has 0 saturated heterocycles. The van der Waals surface area contributed by atoms with Gasteiger partial charge in [0.2, 0.25) is 0 Å². The first-order chi connectivity index (χ1) is 10.7. The Morgan fingerprint density at radius 3 is 2.64 bits per heavy atom. The van der Waals surface area contributed by atoms with Crippen molar-refractivity contribution in [2.45, 2.75) is 6.92 Å². The predicted molar refractivity (Wildman–Crippen MR) is 83.3 cm³/mol. The molecule has 2 heterocycles. The monoisotopic (exact) mass is 290 g/mol. The van der Waals surface area contributed by atoms with Gasteiger partial charge in [-0.3, -0.25) is 4.98 Å². The van der Waals surface area contributed by atoms with Crippen molar-refractivity contribution in [3.63, 3.8) is 0 Å². The van der Waals surface area contributed by atoms with E-state index in [1.165, 1.54) is 0 Å². The lowest BCUT2D eigenvalue weighted by Gasteiger charge is -2.04. The molecule has 2 aromatic heterocycles. The molecule has 0 saturated carbocycles. The third kappa shape index (κ3) is 2.54. The number of hydrogen-bond donors (Lipinski definition) is 1. The fourth-order valence-corrected chi connectivity index (χ4v) is 2.27. The number of aromatic nitrogens is 3. The molecule has 1 aromatic carbocycles. The first-order valence-electron chi connectivity index (χ1n) is 6.79. The number of aromatic amines is 1. The van der Waals surface area contributed by atoms with Crippen LogP contribution in [0.15, 0.2) is 42.6 Å². The summed E-state index contributed by atoms with van der Waals surface area (Å²) in [5.74, 6) is 1.59. The normalized spacial score (nSPS) is 10.2. The minimum atomic E-state index is 0.568. The fraction of sp³-hybridized carbons (Fsp3) is 0.118. The Morgan fingerprint density at radius 2 is 1.95 bits per heavy atom. The van der Waals surface area contributed by atoms with Gasteiger partial charge in [0.15, 0.2) is 0 Å². The molecule has 0 aliphatic rings. The number of H-pyrrole nitrogens is 1. The summed E-state index contributed by atoms with van der Waals surface area (Å²) in [7, 11) is 1.64. The molecule has 0 radical (unpaired) electrons. The molecule has 0 bridgehead atoms. The van der Waals surface area contributed by atoms with Crippen molar-refractivity contribution in [3.05, 3.63) is 54.0 Å². The number of methoxy groups -OCH3 is 1. The van der Waals surface area contributed by atoms with E-state index in [0.29, 0.717) is 11.3 Å². The number of imidazole rings is 1. The van der Waals surface area contributed by atoms with E-state index < -0.39 is 0 Å². The molecule has 0 atom stereocenters. The predicted octanol–water partition coefficient (Wildman–Crippen LogP) is 3.33. The zero-order valence-electron chi connectivity index (χ0n) is 12.3. The zero-order chi connectivity index (χ0) is 15.5. The van der Waals surface area contributed by atoms with Crippen LogP contribution in [-0.2, 0) is 0 Å². The Morgan fingerprint density at radius 1 is 1.18 bits per heavy atom. The molecule has 0 aliphatic carbocycles. The first kappa shape index (κ1) is 13.8. The fourth-order valence-electron chi connectivity index (χ4n) is 2.27. The number of hydrogen-bond acceptors (Lipinski definition) is 4. The third-order valence-corrected chi connectivity index (χ3v) is 3.33.